The summed E-state index contributed by atoms with van der Waals surface area (Å²) in [4.78, 5) is 6.58. The van der Waals surface area contributed by atoms with Gasteiger partial charge in [0.25, 0.3) is 0 Å². The molecule has 47 heavy (non-hydrogen) atoms. The van der Waals surface area contributed by atoms with E-state index in [1.165, 1.54) is 10.8 Å². The molecule has 7 aromatic carbocycles. The van der Waals surface area contributed by atoms with E-state index < -0.39 is 0 Å². The van der Waals surface area contributed by atoms with Crippen molar-refractivity contribution in [1.29, 1.82) is 0 Å². The Bertz CT molecular complexity index is 2640. The van der Waals surface area contributed by atoms with Crippen molar-refractivity contribution in [1.82, 2.24) is 4.98 Å². The molecule has 0 saturated carbocycles. The van der Waals surface area contributed by atoms with E-state index in [4.69, 9.17) is 8.83 Å². The number of aromatic nitrogens is 1. The Morgan fingerprint density at radius 1 is 0.404 bits per heavy atom. The van der Waals surface area contributed by atoms with E-state index in [0.29, 0.717) is 0 Å². The van der Waals surface area contributed by atoms with Gasteiger partial charge in [-0.15, -0.1) is 0 Å². The number of furan rings is 2. The molecule has 0 bridgehead atoms. The van der Waals surface area contributed by atoms with Crippen LogP contribution in [-0.4, -0.2) is 4.98 Å². The van der Waals surface area contributed by atoms with Gasteiger partial charge in [0.15, 0.2) is 0 Å². The van der Waals surface area contributed by atoms with Crippen LogP contribution in [0.2, 0.25) is 0 Å². The van der Waals surface area contributed by atoms with E-state index in [-0.39, 0.29) is 0 Å². The van der Waals surface area contributed by atoms with E-state index in [1.54, 1.807) is 6.20 Å². The lowest BCUT2D eigenvalue weighted by atomic mass is 10.0. The Hall–Kier alpha value is -6.39. The summed E-state index contributed by atoms with van der Waals surface area (Å²) >= 11 is 0. The molecule has 4 nitrogen and oxygen atoms in total. The lowest BCUT2D eigenvalue weighted by molar-refractivity contribution is 0.672. The molecule has 0 spiro atoms. The Labute approximate surface area is 269 Å². The van der Waals surface area contributed by atoms with Gasteiger partial charge in [0.05, 0.1) is 0 Å². The van der Waals surface area contributed by atoms with Gasteiger partial charge in [-0.25, -0.2) is 0 Å². The monoisotopic (exact) mass is 602 g/mol. The van der Waals surface area contributed by atoms with Crippen LogP contribution in [0.4, 0.5) is 17.1 Å². The molecule has 0 amide bonds. The maximum Gasteiger partial charge on any atom is 0.143 e. The van der Waals surface area contributed by atoms with Crippen molar-refractivity contribution in [3.8, 4) is 11.1 Å². The molecule has 0 radical (unpaired) electrons. The maximum absolute atomic E-state index is 6.60. The Kier molecular flexibility index (Phi) is 5.54. The molecule has 0 N–H and O–H groups in total. The second-order valence-electron chi connectivity index (χ2n) is 12.0. The van der Waals surface area contributed by atoms with E-state index in [0.717, 1.165) is 82.8 Å². The first kappa shape index (κ1) is 25.9. The van der Waals surface area contributed by atoms with Gasteiger partial charge in [0.2, 0.25) is 0 Å². The zero-order valence-electron chi connectivity index (χ0n) is 25.2. The number of nitrogens with zero attached hydrogens (tertiary/aromatic N) is 2. The predicted molar refractivity (Wildman–Crippen MR) is 194 cm³/mol. The molecule has 0 aliphatic heterocycles. The van der Waals surface area contributed by atoms with Crippen LogP contribution < -0.4 is 4.90 Å². The van der Waals surface area contributed by atoms with Crippen LogP contribution in [-0.2, 0) is 0 Å². The van der Waals surface area contributed by atoms with Crippen LogP contribution in [0.1, 0.15) is 0 Å². The van der Waals surface area contributed by atoms with Crippen LogP contribution in [0.3, 0.4) is 0 Å². The van der Waals surface area contributed by atoms with Gasteiger partial charge >= 0.3 is 0 Å². The van der Waals surface area contributed by atoms with Crippen molar-refractivity contribution in [2.75, 3.05) is 4.90 Å². The molecular formula is C43H26N2O2. The predicted octanol–water partition coefficient (Wildman–Crippen LogP) is 12.3. The third-order valence-corrected chi connectivity index (χ3v) is 9.33. The van der Waals surface area contributed by atoms with E-state index in [1.807, 2.05) is 12.3 Å². The first-order valence-electron chi connectivity index (χ1n) is 15.8. The third kappa shape index (κ3) is 4.05. The summed E-state index contributed by atoms with van der Waals surface area (Å²) in [5, 5.41) is 9.01. The van der Waals surface area contributed by atoms with Crippen LogP contribution in [0, 0.1) is 0 Å². The number of hydrogen-bond acceptors (Lipinski definition) is 4. The van der Waals surface area contributed by atoms with Gasteiger partial charge in [-0.2, -0.15) is 0 Å². The number of fused-ring (bicyclic) bond motifs is 10. The molecule has 3 heterocycles. The highest BCUT2D eigenvalue weighted by Gasteiger charge is 2.19. The fourth-order valence-electron chi connectivity index (χ4n) is 7.05. The summed E-state index contributed by atoms with van der Waals surface area (Å²) in [5.41, 5.74) is 8.74. The largest absolute Gasteiger partial charge is 0.455 e. The maximum atomic E-state index is 6.60. The molecule has 220 valence electrons. The van der Waals surface area contributed by atoms with Crippen molar-refractivity contribution in [2.45, 2.75) is 0 Å². The van der Waals surface area contributed by atoms with Gasteiger partial charge in [0.1, 0.15) is 22.3 Å². The number of pyridine rings is 1. The van der Waals surface area contributed by atoms with E-state index >= 15 is 0 Å². The molecule has 10 aromatic rings. The van der Waals surface area contributed by atoms with E-state index in [2.05, 4.69) is 149 Å². The fourth-order valence-corrected chi connectivity index (χ4v) is 7.05. The standard InChI is InChI=1S/C43H26N2O2/c1-3-9-34-28(6-1)13-19-38-36-21-17-32(24-40(36)46-42(34)38)45(31-15-11-27(12-16-31)30-8-5-23-44-26-30)33-18-22-37-39-20-14-29-7-2-4-10-35(29)43(39)47-41(37)25-33/h1-26H. The minimum Gasteiger partial charge on any atom is -0.455 e. The van der Waals surface area contributed by atoms with E-state index in [9.17, 15) is 0 Å². The second-order valence-corrected chi connectivity index (χ2v) is 12.0. The highest BCUT2D eigenvalue weighted by atomic mass is 16.3. The number of benzene rings is 7. The van der Waals surface area contributed by atoms with Gasteiger partial charge in [-0.1, -0.05) is 78.9 Å². The average Bonchev–Trinajstić information content (AvgIpc) is 3.71. The zero-order chi connectivity index (χ0) is 30.9. The smallest absolute Gasteiger partial charge is 0.143 e. The minimum absolute atomic E-state index is 0.849. The minimum atomic E-state index is 0.849. The Morgan fingerprint density at radius 2 is 0.936 bits per heavy atom. The molecular weight excluding hydrogens is 576 g/mol. The summed E-state index contributed by atoms with van der Waals surface area (Å²) in [7, 11) is 0. The molecule has 0 aliphatic carbocycles. The van der Waals surface area contributed by atoms with Crippen molar-refractivity contribution in [3.05, 3.63) is 158 Å². The first-order chi connectivity index (χ1) is 23.3. The quantitative estimate of drug-likeness (QED) is 0.201. The number of anilines is 3. The zero-order valence-corrected chi connectivity index (χ0v) is 25.2. The van der Waals surface area contributed by atoms with Crippen LogP contribution >= 0.6 is 0 Å². The summed E-state index contributed by atoms with van der Waals surface area (Å²) in [6.45, 7) is 0. The Morgan fingerprint density at radius 3 is 1.49 bits per heavy atom. The Balaban J connectivity index is 1.17. The summed E-state index contributed by atoms with van der Waals surface area (Å²) in [6, 6.07) is 51.1. The lowest BCUT2D eigenvalue weighted by Gasteiger charge is -2.25. The molecule has 0 unspecified atom stereocenters. The van der Waals surface area contributed by atoms with Crippen molar-refractivity contribution >= 4 is 82.5 Å². The van der Waals surface area contributed by atoms with Gasteiger partial charge in [-0.3, -0.25) is 4.98 Å². The number of hydrogen-bond donors (Lipinski definition) is 0. The highest BCUT2D eigenvalue weighted by Crippen LogP contribution is 2.42. The molecule has 4 heteroatoms. The molecule has 10 rings (SSSR count). The third-order valence-electron chi connectivity index (χ3n) is 9.33. The molecule has 3 aromatic heterocycles. The topological polar surface area (TPSA) is 42.4 Å². The van der Waals surface area contributed by atoms with Crippen LogP contribution in [0.5, 0.6) is 0 Å². The molecule has 0 aliphatic rings. The van der Waals surface area contributed by atoms with Crippen molar-refractivity contribution in [3.63, 3.8) is 0 Å². The van der Waals surface area contributed by atoms with Gasteiger partial charge in [-0.05, 0) is 76.5 Å². The average molecular weight is 603 g/mol. The summed E-state index contributed by atoms with van der Waals surface area (Å²) in [5.74, 6) is 0. The second kappa shape index (κ2) is 10.1. The normalized spacial score (nSPS) is 11.8. The van der Waals surface area contributed by atoms with Gasteiger partial charge in [0, 0.05) is 73.9 Å². The summed E-state index contributed by atoms with van der Waals surface area (Å²) in [6.07, 6.45) is 3.69. The fraction of sp³-hybridized carbons (Fsp3) is 0. The molecule has 0 saturated heterocycles. The van der Waals surface area contributed by atoms with Crippen LogP contribution in [0.25, 0.3) is 76.5 Å². The highest BCUT2D eigenvalue weighted by molar-refractivity contribution is 6.16. The lowest BCUT2D eigenvalue weighted by Crippen LogP contribution is -2.09. The molecule has 0 atom stereocenters. The van der Waals surface area contributed by atoms with Crippen LogP contribution in [0.15, 0.2) is 167 Å². The SMILES string of the molecule is c1cncc(-c2ccc(N(c3ccc4c(c3)oc3c5ccccc5ccc43)c3ccc4c(c3)oc3c5ccccc5ccc43)cc2)c1. The first-order valence-corrected chi connectivity index (χ1v) is 15.8. The van der Waals surface area contributed by atoms with Gasteiger partial charge < -0.3 is 13.7 Å². The van der Waals surface area contributed by atoms with Crippen molar-refractivity contribution < 1.29 is 8.83 Å². The number of rotatable bonds is 4. The van der Waals surface area contributed by atoms with Crippen molar-refractivity contribution in [2.24, 2.45) is 0 Å². The molecule has 0 fully saturated rings. The summed E-state index contributed by atoms with van der Waals surface area (Å²) < 4.78 is 13.2.